The van der Waals surface area contributed by atoms with Crippen molar-refractivity contribution in [1.82, 2.24) is 9.47 Å². The van der Waals surface area contributed by atoms with Crippen molar-refractivity contribution < 1.29 is 17.6 Å². The Morgan fingerprint density at radius 3 is 2.47 bits per heavy atom. The van der Waals surface area contributed by atoms with E-state index >= 15 is 0 Å². The summed E-state index contributed by atoms with van der Waals surface area (Å²) in [5.74, 6) is -0.663. The molecular formula is C26H27FN4O4S. The molecule has 36 heavy (non-hydrogen) atoms. The molecule has 3 heterocycles. The maximum Gasteiger partial charge on any atom is 0.275 e. The van der Waals surface area contributed by atoms with Gasteiger partial charge in [0.05, 0.1) is 4.90 Å². The van der Waals surface area contributed by atoms with Crippen LogP contribution in [0.2, 0.25) is 0 Å². The number of anilines is 2. The van der Waals surface area contributed by atoms with Crippen molar-refractivity contribution in [3.63, 3.8) is 0 Å². The number of aromatic nitrogens is 1. The van der Waals surface area contributed by atoms with Crippen molar-refractivity contribution in [2.24, 2.45) is 5.92 Å². The fraction of sp³-hybridized carbons (Fsp3) is 0.308. The molecule has 2 aromatic carbocycles. The van der Waals surface area contributed by atoms with Gasteiger partial charge in [-0.25, -0.2) is 12.8 Å². The van der Waals surface area contributed by atoms with E-state index in [0.717, 1.165) is 29.9 Å². The molecular weight excluding hydrogens is 483 g/mol. The third kappa shape index (κ3) is 4.48. The summed E-state index contributed by atoms with van der Waals surface area (Å²) in [6.07, 6.45) is 0.858. The number of nitrogens with one attached hydrogen (secondary N) is 1. The molecule has 1 fully saturated rings. The van der Waals surface area contributed by atoms with Gasteiger partial charge in [-0.15, -0.1) is 0 Å². The number of halogens is 1. The van der Waals surface area contributed by atoms with Gasteiger partial charge in [-0.05, 0) is 66.9 Å². The summed E-state index contributed by atoms with van der Waals surface area (Å²) >= 11 is 0. The van der Waals surface area contributed by atoms with Crippen molar-refractivity contribution in [2.45, 2.75) is 23.8 Å². The second-order valence-electron chi connectivity index (χ2n) is 9.60. The van der Waals surface area contributed by atoms with Crippen LogP contribution in [0.3, 0.4) is 0 Å². The number of fused-ring (bicyclic) bond motifs is 4. The molecule has 1 aromatic heterocycles. The molecule has 2 aliphatic heterocycles. The number of hydrogen-bond acceptors (Lipinski definition) is 5. The van der Waals surface area contributed by atoms with Gasteiger partial charge < -0.3 is 14.4 Å². The molecule has 0 aliphatic carbocycles. The lowest BCUT2D eigenvalue weighted by Crippen LogP contribution is -2.49. The molecule has 0 spiro atoms. The first kappa shape index (κ1) is 24.1. The number of hydrogen-bond donors (Lipinski definition) is 1. The van der Waals surface area contributed by atoms with Gasteiger partial charge in [-0.2, -0.15) is 0 Å². The predicted molar refractivity (Wildman–Crippen MR) is 135 cm³/mol. The fourth-order valence-corrected chi connectivity index (χ4v) is 6.20. The number of amides is 1. The third-order valence-electron chi connectivity index (χ3n) is 6.87. The Kier molecular flexibility index (Phi) is 6.07. The van der Waals surface area contributed by atoms with E-state index in [1.165, 1.54) is 18.2 Å². The van der Waals surface area contributed by atoms with E-state index in [1.54, 1.807) is 10.6 Å². The third-order valence-corrected chi connectivity index (χ3v) is 8.24. The number of nitrogens with zero attached hydrogens (tertiary/aromatic N) is 3. The summed E-state index contributed by atoms with van der Waals surface area (Å²) in [4.78, 5) is 30.0. The molecule has 5 rings (SSSR count). The van der Waals surface area contributed by atoms with Crippen LogP contribution < -0.4 is 15.2 Å². The molecule has 10 heteroatoms. The van der Waals surface area contributed by atoms with E-state index in [1.807, 2.05) is 48.2 Å². The lowest BCUT2D eigenvalue weighted by Gasteiger charge is -2.43. The van der Waals surface area contributed by atoms with Gasteiger partial charge >= 0.3 is 0 Å². The quantitative estimate of drug-likeness (QED) is 0.570. The summed E-state index contributed by atoms with van der Waals surface area (Å²) in [6, 6.07) is 15.3. The molecule has 2 bridgehead atoms. The maximum atomic E-state index is 13.5. The SMILES string of the molecule is CN(C)c1ccc(C(=O)N2C[C@@H]3C[C@H](C2)c2ccc(NS(=O)(=O)c4cccc(F)c4)c(=O)n2C3)cc1. The lowest BCUT2D eigenvalue weighted by atomic mass is 9.83. The molecule has 1 amide bonds. The van der Waals surface area contributed by atoms with Crippen molar-refractivity contribution in [1.29, 1.82) is 0 Å². The number of benzene rings is 2. The van der Waals surface area contributed by atoms with Crippen LogP contribution in [0.15, 0.2) is 70.4 Å². The molecule has 3 aromatic rings. The smallest absolute Gasteiger partial charge is 0.275 e. The molecule has 1 saturated heterocycles. The minimum absolute atomic E-state index is 0.0240. The van der Waals surface area contributed by atoms with Crippen molar-refractivity contribution in [2.75, 3.05) is 36.8 Å². The highest BCUT2D eigenvalue weighted by molar-refractivity contribution is 7.92. The Labute approximate surface area is 209 Å². The van der Waals surface area contributed by atoms with E-state index in [9.17, 15) is 22.4 Å². The summed E-state index contributed by atoms with van der Waals surface area (Å²) < 4.78 is 42.9. The summed E-state index contributed by atoms with van der Waals surface area (Å²) in [5.41, 5.74) is 1.89. The monoisotopic (exact) mass is 510 g/mol. The number of rotatable bonds is 5. The van der Waals surface area contributed by atoms with Gasteiger partial charge in [-0.3, -0.25) is 14.3 Å². The van der Waals surface area contributed by atoms with Crippen molar-refractivity contribution >= 4 is 27.3 Å². The van der Waals surface area contributed by atoms with Crippen LogP contribution >= 0.6 is 0 Å². The number of likely N-dealkylation sites (tertiary alicyclic amines) is 1. The van der Waals surface area contributed by atoms with Crippen LogP contribution in [0, 0.1) is 11.7 Å². The van der Waals surface area contributed by atoms with Gasteiger partial charge in [0, 0.05) is 56.6 Å². The predicted octanol–water partition coefficient (Wildman–Crippen LogP) is 3.11. The van der Waals surface area contributed by atoms with Gasteiger partial charge in [0.15, 0.2) is 0 Å². The Morgan fingerprint density at radius 2 is 1.78 bits per heavy atom. The van der Waals surface area contributed by atoms with Gasteiger partial charge in [0.1, 0.15) is 11.5 Å². The highest BCUT2D eigenvalue weighted by atomic mass is 32.2. The maximum absolute atomic E-state index is 13.5. The zero-order valence-electron chi connectivity index (χ0n) is 20.0. The molecule has 2 aliphatic rings. The standard InChI is InChI=1S/C26H27FN4O4S/c1-29(2)21-8-6-18(7-9-21)25(32)30-14-17-12-19(16-30)24-11-10-23(26(33)31(24)15-17)28-36(34,35)22-5-3-4-20(27)13-22/h3-11,13,17,19,28H,12,14-16H2,1-2H3/t17-,19+/m0/s1. The van der Waals surface area contributed by atoms with Gasteiger partial charge in [-0.1, -0.05) is 6.07 Å². The first-order chi connectivity index (χ1) is 17.1. The van der Waals surface area contributed by atoms with Crippen molar-refractivity contribution in [3.8, 4) is 0 Å². The van der Waals surface area contributed by atoms with Crippen LogP contribution in [0.5, 0.6) is 0 Å². The Bertz CT molecular complexity index is 1480. The Hall–Kier alpha value is -3.66. The molecule has 188 valence electrons. The number of sulfonamides is 1. The normalized spacial score (nSPS) is 18.9. The zero-order valence-corrected chi connectivity index (χ0v) is 20.8. The van der Waals surface area contributed by atoms with Crippen LogP contribution in [-0.2, 0) is 16.6 Å². The molecule has 0 unspecified atom stereocenters. The average molecular weight is 511 g/mol. The molecule has 1 N–H and O–H groups in total. The first-order valence-corrected chi connectivity index (χ1v) is 13.2. The van der Waals surface area contributed by atoms with Crippen LogP contribution in [-0.4, -0.2) is 51.0 Å². The molecule has 0 radical (unpaired) electrons. The van der Waals surface area contributed by atoms with Gasteiger partial charge in [0.2, 0.25) is 0 Å². The molecule has 2 atom stereocenters. The van der Waals surface area contributed by atoms with E-state index in [-0.39, 0.29) is 28.3 Å². The minimum Gasteiger partial charge on any atom is -0.378 e. The second kappa shape index (κ2) is 9.09. The number of piperidine rings is 1. The van der Waals surface area contributed by atoms with Crippen LogP contribution in [0.4, 0.5) is 15.8 Å². The number of carbonyl (C=O) groups excluding carboxylic acids is 1. The Morgan fingerprint density at radius 1 is 1.03 bits per heavy atom. The minimum atomic E-state index is -4.12. The van der Waals surface area contributed by atoms with Crippen LogP contribution in [0.25, 0.3) is 0 Å². The summed E-state index contributed by atoms with van der Waals surface area (Å²) in [6.45, 7) is 1.40. The number of pyridine rings is 1. The van der Waals surface area contributed by atoms with Gasteiger partial charge in [0.25, 0.3) is 21.5 Å². The Balaban J connectivity index is 1.37. The van der Waals surface area contributed by atoms with Crippen LogP contribution in [0.1, 0.15) is 28.4 Å². The highest BCUT2D eigenvalue weighted by Crippen LogP contribution is 2.36. The van der Waals surface area contributed by atoms with E-state index in [2.05, 4.69) is 4.72 Å². The second-order valence-corrected chi connectivity index (χ2v) is 11.3. The molecule has 8 nitrogen and oxygen atoms in total. The zero-order chi connectivity index (χ0) is 25.6. The first-order valence-electron chi connectivity index (χ1n) is 11.7. The summed E-state index contributed by atoms with van der Waals surface area (Å²) in [5, 5.41) is 0. The highest BCUT2D eigenvalue weighted by Gasteiger charge is 2.37. The fourth-order valence-electron chi connectivity index (χ4n) is 5.11. The largest absolute Gasteiger partial charge is 0.378 e. The molecule has 0 saturated carbocycles. The van der Waals surface area contributed by atoms with E-state index in [0.29, 0.717) is 25.2 Å². The number of carbonyl (C=O) groups is 1. The van der Waals surface area contributed by atoms with E-state index < -0.39 is 21.4 Å². The van der Waals surface area contributed by atoms with E-state index in [4.69, 9.17) is 0 Å². The summed E-state index contributed by atoms with van der Waals surface area (Å²) in [7, 11) is -0.233. The topological polar surface area (TPSA) is 91.7 Å². The average Bonchev–Trinajstić information content (AvgIpc) is 2.85. The van der Waals surface area contributed by atoms with Crippen molar-refractivity contribution in [3.05, 3.63) is 88.1 Å². The lowest BCUT2D eigenvalue weighted by molar-refractivity contribution is 0.0594.